The van der Waals surface area contributed by atoms with Crippen molar-refractivity contribution < 1.29 is 14.6 Å². The molecule has 1 rings (SSSR count). The second kappa shape index (κ2) is 4.27. The third kappa shape index (κ3) is 3.21. The van der Waals surface area contributed by atoms with Gasteiger partial charge in [-0.15, -0.1) is 0 Å². The molecule has 0 aliphatic carbocycles. The van der Waals surface area contributed by atoms with Crippen LogP contribution in [0.25, 0.3) is 0 Å². The first-order valence-electron chi connectivity index (χ1n) is 4.47. The smallest absolute Gasteiger partial charge is 0.255 e. The van der Waals surface area contributed by atoms with E-state index in [9.17, 15) is 9.90 Å². The molecule has 0 fully saturated rings. The second-order valence-corrected chi connectivity index (χ2v) is 3.60. The molecule has 0 saturated heterocycles. The van der Waals surface area contributed by atoms with E-state index in [1.54, 1.807) is 12.1 Å². The Morgan fingerprint density at radius 1 is 1.53 bits per heavy atom. The summed E-state index contributed by atoms with van der Waals surface area (Å²) in [7, 11) is 1.51. The second-order valence-electron chi connectivity index (χ2n) is 3.60. The molecule has 0 atom stereocenters. The van der Waals surface area contributed by atoms with E-state index in [1.165, 1.54) is 27.2 Å². The molecule has 0 radical (unpaired) electrons. The van der Waals surface area contributed by atoms with Crippen LogP contribution >= 0.6 is 0 Å². The molecule has 0 aliphatic rings. The Bertz CT molecular complexity index is 341. The van der Waals surface area contributed by atoms with Gasteiger partial charge in [0.25, 0.3) is 5.91 Å². The van der Waals surface area contributed by atoms with Gasteiger partial charge in [0.1, 0.15) is 5.60 Å². The molecule has 0 saturated carbocycles. The number of nitrogens with one attached hydrogen (secondary N) is 1. The third-order valence-electron chi connectivity index (χ3n) is 1.76. The number of anilines is 1. The van der Waals surface area contributed by atoms with Crippen molar-refractivity contribution in [1.29, 1.82) is 0 Å². The van der Waals surface area contributed by atoms with Crippen LogP contribution in [0.4, 0.5) is 5.69 Å². The van der Waals surface area contributed by atoms with E-state index in [0.29, 0.717) is 11.6 Å². The summed E-state index contributed by atoms with van der Waals surface area (Å²) in [5.41, 5.74) is -0.886. The number of nitrogens with zero attached hydrogens (tertiary/aromatic N) is 1. The predicted molar refractivity (Wildman–Crippen MR) is 55.7 cm³/mol. The normalized spacial score (nSPS) is 10.9. The van der Waals surface area contributed by atoms with E-state index in [2.05, 4.69) is 10.3 Å². The van der Waals surface area contributed by atoms with E-state index >= 15 is 0 Å². The summed E-state index contributed by atoms with van der Waals surface area (Å²) in [5, 5.41) is 11.9. The number of rotatable bonds is 3. The molecule has 82 valence electrons. The molecule has 2 N–H and O–H groups in total. The molecule has 0 bridgehead atoms. The monoisotopic (exact) mass is 210 g/mol. The molecule has 1 aromatic heterocycles. The highest BCUT2D eigenvalue weighted by Gasteiger charge is 2.23. The van der Waals surface area contributed by atoms with Crippen LogP contribution in [0.2, 0.25) is 0 Å². The molecule has 5 nitrogen and oxygen atoms in total. The average Bonchev–Trinajstić information content (AvgIpc) is 2.17. The molecule has 0 aromatic carbocycles. The summed E-state index contributed by atoms with van der Waals surface area (Å²) in [5.74, 6) is -0.00859. The minimum absolute atomic E-state index is 0.469. The number of hydrogen-bond acceptors (Lipinski definition) is 4. The van der Waals surface area contributed by atoms with Gasteiger partial charge in [-0.2, -0.15) is 0 Å². The van der Waals surface area contributed by atoms with Crippen LogP contribution in [-0.4, -0.2) is 28.7 Å². The lowest BCUT2D eigenvalue weighted by Crippen LogP contribution is -2.36. The minimum atomic E-state index is -1.40. The van der Waals surface area contributed by atoms with Crippen molar-refractivity contribution in [3.05, 3.63) is 18.3 Å². The Hall–Kier alpha value is -1.62. The van der Waals surface area contributed by atoms with Gasteiger partial charge in [-0.1, -0.05) is 0 Å². The van der Waals surface area contributed by atoms with Gasteiger partial charge in [0.15, 0.2) is 0 Å². The summed E-state index contributed by atoms with van der Waals surface area (Å²) in [4.78, 5) is 15.3. The Balaban J connectivity index is 2.70. The number of methoxy groups -OCH3 is 1. The largest absolute Gasteiger partial charge is 0.481 e. The van der Waals surface area contributed by atoms with Crippen LogP contribution in [0.5, 0.6) is 5.88 Å². The van der Waals surface area contributed by atoms with E-state index in [4.69, 9.17) is 4.74 Å². The fraction of sp³-hybridized carbons (Fsp3) is 0.400. The fourth-order valence-corrected chi connectivity index (χ4v) is 0.859. The number of aromatic nitrogens is 1. The molecule has 1 aromatic rings. The van der Waals surface area contributed by atoms with Crippen LogP contribution in [0.15, 0.2) is 18.3 Å². The van der Waals surface area contributed by atoms with Crippen molar-refractivity contribution in [2.75, 3.05) is 12.4 Å². The maximum atomic E-state index is 11.4. The van der Waals surface area contributed by atoms with Gasteiger partial charge in [-0.25, -0.2) is 4.98 Å². The van der Waals surface area contributed by atoms with Gasteiger partial charge < -0.3 is 15.2 Å². The fourth-order valence-electron chi connectivity index (χ4n) is 0.859. The summed E-state index contributed by atoms with van der Waals surface area (Å²) < 4.78 is 4.87. The van der Waals surface area contributed by atoms with Gasteiger partial charge in [-0.05, 0) is 19.9 Å². The lowest BCUT2D eigenvalue weighted by Gasteiger charge is -2.16. The standard InChI is InChI=1S/C10H14N2O3/c1-10(2,14)9(13)12-7-4-5-8(15-3)11-6-7/h4-6,14H,1-3H3,(H,12,13). The summed E-state index contributed by atoms with van der Waals surface area (Å²) in [6.45, 7) is 2.83. The van der Waals surface area contributed by atoms with Gasteiger partial charge in [-0.3, -0.25) is 4.79 Å². The van der Waals surface area contributed by atoms with Crippen molar-refractivity contribution in [2.45, 2.75) is 19.4 Å². The van der Waals surface area contributed by atoms with Crippen molar-refractivity contribution in [1.82, 2.24) is 4.98 Å². The quantitative estimate of drug-likeness (QED) is 0.774. The number of pyridine rings is 1. The first-order valence-corrected chi connectivity index (χ1v) is 4.47. The van der Waals surface area contributed by atoms with E-state index in [0.717, 1.165) is 0 Å². The zero-order chi connectivity index (χ0) is 11.5. The highest BCUT2D eigenvalue weighted by molar-refractivity contribution is 5.96. The lowest BCUT2D eigenvalue weighted by atomic mass is 10.1. The van der Waals surface area contributed by atoms with E-state index < -0.39 is 11.5 Å². The number of amides is 1. The number of carbonyl (C=O) groups excluding carboxylic acids is 1. The maximum Gasteiger partial charge on any atom is 0.255 e. The van der Waals surface area contributed by atoms with Gasteiger partial charge in [0, 0.05) is 6.07 Å². The molecule has 15 heavy (non-hydrogen) atoms. The average molecular weight is 210 g/mol. The van der Waals surface area contributed by atoms with Crippen molar-refractivity contribution in [3.63, 3.8) is 0 Å². The first kappa shape index (κ1) is 11.5. The minimum Gasteiger partial charge on any atom is -0.481 e. The maximum absolute atomic E-state index is 11.4. The van der Waals surface area contributed by atoms with Gasteiger partial charge in [0.2, 0.25) is 5.88 Å². The van der Waals surface area contributed by atoms with Crippen molar-refractivity contribution in [2.24, 2.45) is 0 Å². The highest BCUT2D eigenvalue weighted by atomic mass is 16.5. The SMILES string of the molecule is COc1ccc(NC(=O)C(C)(C)O)cn1. The third-order valence-corrected chi connectivity index (χ3v) is 1.76. The van der Waals surface area contributed by atoms with Crippen LogP contribution < -0.4 is 10.1 Å². The zero-order valence-electron chi connectivity index (χ0n) is 8.94. The molecule has 0 spiro atoms. The Morgan fingerprint density at radius 3 is 2.60 bits per heavy atom. The molecular weight excluding hydrogens is 196 g/mol. The summed E-state index contributed by atoms with van der Waals surface area (Å²) in [6.07, 6.45) is 1.46. The van der Waals surface area contributed by atoms with Gasteiger partial charge in [0.05, 0.1) is 19.0 Å². The molecular formula is C10H14N2O3. The molecule has 0 aliphatic heterocycles. The van der Waals surface area contributed by atoms with Gasteiger partial charge >= 0.3 is 0 Å². The first-order chi connectivity index (χ1) is 6.93. The summed E-state index contributed by atoms with van der Waals surface area (Å²) >= 11 is 0. The number of carbonyl (C=O) groups is 1. The number of aliphatic hydroxyl groups is 1. The van der Waals surface area contributed by atoms with Crippen LogP contribution in [0, 0.1) is 0 Å². The van der Waals surface area contributed by atoms with Crippen molar-refractivity contribution >= 4 is 11.6 Å². The van der Waals surface area contributed by atoms with E-state index in [1.807, 2.05) is 0 Å². The number of hydrogen-bond donors (Lipinski definition) is 2. The highest BCUT2D eigenvalue weighted by Crippen LogP contribution is 2.13. The van der Waals surface area contributed by atoms with Crippen LogP contribution in [0.3, 0.4) is 0 Å². The van der Waals surface area contributed by atoms with Crippen LogP contribution in [0.1, 0.15) is 13.8 Å². The Kier molecular flexibility index (Phi) is 3.26. The van der Waals surface area contributed by atoms with Crippen LogP contribution in [-0.2, 0) is 4.79 Å². The topological polar surface area (TPSA) is 71.5 Å². The summed E-state index contributed by atoms with van der Waals surface area (Å²) in [6, 6.07) is 3.27. The predicted octanol–water partition coefficient (Wildman–Crippen LogP) is 0.800. The molecule has 1 amide bonds. The molecule has 5 heteroatoms. The Labute approximate surface area is 88.1 Å². The number of ether oxygens (including phenoxy) is 1. The molecule has 0 unspecified atom stereocenters. The molecule has 1 heterocycles. The van der Waals surface area contributed by atoms with E-state index in [-0.39, 0.29) is 0 Å². The van der Waals surface area contributed by atoms with Crippen molar-refractivity contribution in [3.8, 4) is 5.88 Å². The Morgan fingerprint density at radius 2 is 2.20 bits per heavy atom. The lowest BCUT2D eigenvalue weighted by molar-refractivity contribution is -0.130. The zero-order valence-corrected chi connectivity index (χ0v) is 8.94.